The summed E-state index contributed by atoms with van der Waals surface area (Å²) in [4.78, 5) is 11.3. The van der Waals surface area contributed by atoms with Crippen LogP contribution >= 0.6 is 0 Å². The van der Waals surface area contributed by atoms with Gasteiger partial charge in [-0.1, -0.05) is 26.7 Å². The van der Waals surface area contributed by atoms with Crippen LogP contribution in [-0.2, 0) is 6.42 Å². The first-order chi connectivity index (χ1) is 8.71. The van der Waals surface area contributed by atoms with Crippen LogP contribution in [-0.4, -0.2) is 30.1 Å². The number of nitrogens with one attached hydrogen (secondary N) is 1. The molecule has 4 nitrogen and oxygen atoms in total. The Morgan fingerprint density at radius 1 is 1.17 bits per heavy atom. The summed E-state index contributed by atoms with van der Waals surface area (Å²) in [5, 5.41) is 3.27. The van der Waals surface area contributed by atoms with E-state index in [2.05, 4.69) is 48.0 Å². The van der Waals surface area contributed by atoms with Gasteiger partial charge in [-0.3, -0.25) is 0 Å². The average molecular weight is 250 g/mol. The SMILES string of the molecule is CCCCCN(C)c1cc(NCC)nc(CC)n1. The van der Waals surface area contributed by atoms with Crippen LogP contribution in [0.3, 0.4) is 0 Å². The Hall–Kier alpha value is -1.32. The van der Waals surface area contributed by atoms with E-state index in [1.165, 1.54) is 19.3 Å². The molecule has 0 atom stereocenters. The number of rotatable bonds is 8. The van der Waals surface area contributed by atoms with Gasteiger partial charge in [0.05, 0.1) is 0 Å². The number of hydrogen-bond donors (Lipinski definition) is 1. The minimum atomic E-state index is 0.870. The van der Waals surface area contributed by atoms with Crippen molar-refractivity contribution in [2.75, 3.05) is 30.4 Å². The molecule has 0 radical (unpaired) electrons. The topological polar surface area (TPSA) is 41.0 Å². The minimum absolute atomic E-state index is 0.870. The first-order valence-electron chi connectivity index (χ1n) is 7.04. The predicted molar refractivity (Wildman–Crippen MR) is 78.4 cm³/mol. The van der Waals surface area contributed by atoms with E-state index in [-0.39, 0.29) is 0 Å². The molecule has 1 aromatic heterocycles. The monoisotopic (exact) mass is 250 g/mol. The molecule has 0 aromatic carbocycles. The van der Waals surface area contributed by atoms with Crippen molar-refractivity contribution in [3.63, 3.8) is 0 Å². The lowest BCUT2D eigenvalue weighted by Crippen LogP contribution is -2.21. The van der Waals surface area contributed by atoms with Crippen molar-refractivity contribution < 1.29 is 0 Å². The second-order valence-corrected chi connectivity index (χ2v) is 4.54. The molecule has 0 saturated carbocycles. The van der Waals surface area contributed by atoms with Gasteiger partial charge in [-0.25, -0.2) is 9.97 Å². The molecule has 0 bridgehead atoms. The first kappa shape index (κ1) is 14.7. The summed E-state index contributed by atoms with van der Waals surface area (Å²) in [5.74, 6) is 2.86. The van der Waals surface area contributed by atoms with Gasteiger partial charge in [0.25, 0.3) is 0 Å². The summed E-state index contributed by atoms with van der Waals surface area (Å²) < 4.78 is 0. The minimum Gasteiger partial charge on any atom is -0.370 e. The highest BCUT2D eigenvalue weighted by atomic mass is 15.2. The molecule has 4 heteroatoms. The van der Waals surface area contributed by atoms with Crippen molar-refractivity contribution in [2.45, 2.75) is 46.5 Å². The fraction of sp³-hybridized carbons (Fsp3) is 0.714. The van der Waals surface area contributed by atoms with Gasteiger partial charge in [0.2, 0.25) is 0 Å². The molecule has 102 valence electrons. The van der Waals surface area contributed by atoms with Crippen molar-refractivity contribution in [1.82, 2.24) is 9.97 Å². The predicted octanol–water partition coefficient (Wildman–Crippen LogP) is 3.10. The molecular weight excluding hydrogens is 224 g/mol. The normalized spacial score (nSPS) is 10.4. The average Bonchev–Trinajstić information content (AvgIpc) is 2.39. The quantitative estimate of drug-likeness (QED) is 0.720. The van der Waals surface area contributed by atoms with Crippen LogP contribution in [0.4, 0.5) is 11.6 Å². The van der Waals surface area contributed by atoms with E-state index in [0.717, 1.165) is 37.0 Å². The molecule has 1 N–H and O–H groups in total. The summed E-state index contributed by atoms with van der Waals surface area (Å²) in [6.07, 6.45) is 4.61. The van der Waals surface area contributed by atoms with E-state index in [1.54, 1.807) is 0 Å². The summed E-state index contributed by atoms with van der Waals surface area (Å²) in [6, 6.07) is 2.04. The summed E-state index contributed by atoms with van der Waals surface area (Å²) in [6.45, 7) is 8.34. The smallest absolute Gasteiger partial charge is 0.134 e. The summed E-state index contributed by atoms with van der Waals surface area (Å²) >= 11 is 0. The molecule has 0 aliphatic carbocycles. The highest BCUT2D eigenvalue weighted by molar-refractivity contribution is 5.48. The van der Waals surface area contributed by atoms with Crippen LogP contribution in [0, 0.1) is 0 Å². The molecule has 0 fully saturated rings. The molecule has 1 heterocycles. The number of aromatic nitrogens is 2. The Morgan fingerprint density at radius 3 is 2.56 bits per heavy atom. The molecule has 0 spiro atoms. The highest BCUT2D eigenvalue weighted by Crippen LogP contribution is 2.15. The summed E-state index contributed by atoms with van der Waals surface area (Å²) in [7, 11) is 2.10. The van der Waals surface area contributed by atoms with Crippen molar-refractivity contribution in [2.24, 2.45) is 0 Å². The Morgan fingerprint density at radius 2 is 1.94 bits per heavy atom. The number of aryl methyl sites for hydroxylation is 1. The Balaban J connectivity index is 2.75. The maximum atomic E-state index is 4.59. The van der Waals surface area contributed by atoms with Gasteiger partial charge in [0, 0.05) is 32.6 Å². The molecule has 1 rings (SSSR count). The Labute approximate surface area is 111 Å². The lowest BCUT2D eigenvalue weighted by Gasteiger charge is -2.19. The molecule has 0 unspecified atom stereocenters. The third kappa shape index (κ3) is 4.51. The van der Waals surface area contributed by atoms with Crippen LogP contribution in [0.15, 0.2) is 6.07 Å². The maximum Gasteiger partial charge on any atom is 0.134 e. The van der Waals surface area contributed by atoms with E-state index in [4.69, 9.17) is 0 Å². The molecule has 18 heavy (non-hydrogen) atoms. The molecule has 0 aliphatic heterocycles. The number of nitrogens with zero attached hydrogens (tertiary/aromatic N) is 3. The number of anilines is 2. The fourth-order valence-electron chi connectivity index (χ4n) is 1.82. The van der Waals surface area contributed by atoms with Crippen LogP contribution in [0.25, 0.3) is 0 Å². The fourth-order valence-corrected chi connectivity index (χ4v) is 1.82. The first-order valence-corrected chi connectivity index (χ1v) is 7.04. The van der Waals surface area contributed by atoms with Gasteiger partial charge in [-0.2, -0.15) is 0 Å². The van der Waals surface area contributed by atoms with Crippen molar-refractivity contribution in [3.8, 4) is 0 Å². The highest BCUT2D eigenvalue weighted by Gasteiger charge is 2.07. The van der Waals surface area contributed by atoms with Gasteiger partial charge in [-0.05, 0) is 13.3 Å². The van der Waals surface area contributed by atoms with Crippen molar-refractivity contribution in [1.29, 1.82) is 0 Å². The van der Waals surface area contributed by atoms with Crippen LogP contribution in [0.2, 0.25) is 0 Å². The Kier molecular flexibility index (Phi) is 6.47. The zero-order valence-electron chi connectivity index (χ0n) is 12.2. The second kappa shape index (κ2) is 7.90. The molecule has 0 amide bonds. The van der Waals surface area contributed by atoms with Crippen LogP contribution < -0.4 is 10.2 Å². The van der Waals surface area contributed by atoms with Gasteiger partial charge >= 0.3 is 0 Å². The molecule has 0 aliphatic rings. The van der Waals surface area contributed by atoms with E-state index in [9.17, 15) is 0 Å². The second-order valence-electron chi connectivity index (χ2n) is 4.54. The van der Waals surface area contributed by atoms with Gasteiger partial charge in [0.1, 0.15) is 17.5 Å². The van der Waals surface area contributed by atoms with Gasteiger partial charge in [0.15, 0.2) is 0 Å². The van der Waals surface area contributed by atoms with Gasteiger partial charge in [-0.15, -0.1) is 0 Å². The number of unbranched alkanes of at least 4 members (excludes halogenated alkanes) is 2. The lowest BCUT2D eigenvalue weighted by atomic mass is 10.2. The van der Waals surface area contributed by atoms with Crippen LogP contribution in [0.5, 0.6) is 0 Å². The van der Waals surface area contributed by atoms with Crippen molar-refractivity contribution in [3.05, 3.63) is 11.9 Å². The lowest BCUT2D eigenvalue weighted by molar-refractivity contribution is 0.699. The largest absolute Gasteiger partial charge is 0.370 e. The standard InChI is InChI=1S/C14H26N4/c1-5-8-9-10-18(4)14-11-13(15-7-3)16-12(6-2)17-14/h11H,5-10H2,1-4H3,(H,15,16,17). The third-order valence-corrected chi connectivity index (χ3v) is 2.92. The molecule has 0 saturated heterocycles. The zero-order chi connectivity index (χ0) is 13.4. The zero-order valence-corrected chi connectivity index (χ0v) is 12.2. The third-order valence-electron chi connectivity index (χ3n) is 2.92. The van der Waals surface area contributed by atoms with Crippen molar-refractivity contribution >= 4 is 11.6 Å². The Bertz CT molecular complexity index is 352. The van der Waals surface area contributed by atoms with Gasteiger partial charge < -0.3 is 10.2 Å². The van der Waals surface area contributed by atoms with E-state index >= 15 is 0 Å². The van der Waals surface area contributed by atoms with E-state index in [1.807, 2.05) is 6.07 Å². The molecular formula is C14H26N4. The number of hydrogen-bond acceptors (Lipinski definition) is 4. The summed E-state index contributed by atoms with van der Waals surface area (Å²) in [5.41, 5.74) is 0. The van der Waals surface area contributed by atoms with E-state index < -0.39 is 0 Å². The van der Waals surface area contributed by atoms with E-state index in [0.29, 0.717) is 0 Å². The van der Waals surface area contributed by atoms with Crippen LogP contribution in [0.1, 0.15) is 45.9 Å². The molecule has 1 aromatic rings. The maximum absolute atomic E-state index is 4.59.